The van der Waals surface area contributed by atoms with Crippen LogP contribution in [0.15, 0.2) is 77.7 Å². The van der Waals surface area contributed by atoms with Crippen LogP contribution in [0.5, 0.6) is 0 Å². The Labute approximate surface area is 245 Å². The summed E-state index contributed by atoms with van der Waals surface area (Å²) in [5, 5.41) is 26.8. The molecule has 1 aliphatic heterocycles. The predicted octanol–water partition coefficient (Wildman–Crippen LogP) is 1.21. The van der Waals surface area contributed by atoms with Gasteiger partial charge in [-0.05, 0) is 60.7 Å². The van der Waals surface area contributed by atoms with E-state index < -0.39 is 46.8 Å². The number of carbonyl (C=O) groups is 3. The standard InChI is InChI=1S/C29H35BN4O7S/c35-27(20-31-28(36)23-16-15-21-9-4-5-10-22(21)19-23)34-18-8-13-25(34)29(37)33-26(30(38)39)14-6-7-17-32-42(40,41)24-11-2-1-3-12-24/h1-5,9-12,15-16,19,25-26,32,38-39H,6-8,13-14,17-18,20H2,(H,31,36)(H,33,37)/t25-,26-/m0/s1. The van der Waals surface area contributed by atoms with Crippen molar-refractivity contribution in [2.75, 3.05) is 19.6 Å². The van der Waals surface area contributed by atoms with Gasteiger partial charge in [-0.2, -0.15) is 0 Å². The van der Waals surface area contributed by atoms with Crippen LogP contribution >= 0.6 is 0 Å². The fraction of sp³-hybridized carbons (Fsp3) is 0.345. The molecular formula is C29H35BN4O7S. The Morgan fingerprint density at radius 3 is 2.40 bits per heavy atom. The molecule has 222 valence electrons. The van der Waals surface area contributed by atoms with Gasteiger partial charge < -0.3 is 25.6 Å². The van der Waals surface area contributed by atoms with Gasteiger partial charge in [-0.3, -0.25) is 14.4 Å². The number of nitrogens with one attached hydrogen (secondary N) is 3. The number of nitrogens with zero attached hydrogens (tertiary/aromatic N) is 1. The first-order valence-electron chi connectivity index (χ1n) is 13.9. The van der Waals surface area contributed by atoms with E-state index in [4.69, 9.17) is 0 Å². The smallest absolute Gasteiger partial charge is 0.426 e. The molecule has 11 nitrogen and oxygen atoms in total. The first-order chi connectivity index (χ1) is 20.2. The molecule has 0 aromatic heterocycles. The van der Waals surface area contributed by atoms with Crippen molar-refractivity contribution < 1.29 is 32.8 Å². The van der Waals surface area contributed by atoms with Crippen molar-refractivity contribution >= 4 is 45.6 Å². The van der Waals surface area contributed by atoms with Gasteiger partial charge in [0.05, 0.1) is 17.4 Å². The maximum Gasteiger partial charge on any atom is 0.475 e. The van der Waals surface area contributed by atoms with Crippen LogP contribution in [-0.4, -0.2) is 79.8 Å². The Hall–Kier alpha value is -3.78. The Bertz CT molecular complexity index is 1500. The predicted molar refractivity (Wildman–Crippen MR) is 159 cm³/mol. The first kappa shape index (κ1) is 31.2. The van der Waals surface area contributed by atoms with Crippen molar-refractivity contribution in [2.45, 2.75) is 49.0 Å². The van der Waals surface area contributed by atoms with Gasteiger partial charge in [-0.25, -0.2) is 13.1 Å². The number of fused-ring (bicyclic) bond motifs is 1. The number of amides is 3. The van der Waals surface area contributed by atoms with E-state index >= 15 is 0 Å². The van der Waals surface area contributed by atoms with Crippen LogP contribution in [0.4, 0.5) is 0 Å². The second kappa shape index (κ2) is 14.4. The molecule has 3 amide bonds. The minimum absolute atomic E-state index is 0.148. The highest BCUT2D eigenvalue weighted by Gasteiger charge is 2.36. The molecular weight excluding hydrogens is 559 g/mol. The van der Waals surface area contributed by atoms with E-state index in [-0.39, 0.29) is 24.4 Å². The van der Waals surface area contributed by atoms with Crippen LogP contribution in [0.25, 0.3) is 10.8 Å². The summed E-state index contributed by atoms with van der Waals surface area (Å²) < 4.78 is 27.1. The lowest BCUT2D eigenvalue weighted by Gasteiger charge is -2.26. The molecule has 3 aromatic rings. The Kier molecular flexibility index (Phi) is 10.7. The van der Waals surface area contributed by atoms with Crippen molar-refractivity contribution in [3.05, 3.63) is 78.4 Å². The lowest BCUT2D eigenvalue weighted by molar-refractivity contribution is -0.137. The number of benzene rings is 3. The number of sulfonamides is 1. The number of likely N-dealkylation sites (tertiary alicyclic amines) is 1. The van der Waals surface area contributed by atoms with E-state index in [0.717, 1.165) is 10.8 Å². The molecule has 1 heterocycles. The molecule has 5 N–H and O–H groups in total. The summed E-state index contributed by atoms with van der Waals surface area (Å²) in [7, 11) is -5.47. The van der Waals surface area contributed by atoms with Crippen LogP contribution in [0.2, 0.25) is 0 Å². The molecule has 0 unspecified atom stereocenters. The van der Waals surface area contributed by atoms with Gasteiger partial charge in [0.1, 0.15) is 6.04 Å². The van der Waals surface area contributed by atoms with Gasteiger partial charge >= 0.3 is 7.12 Å². The monoisotopic (exact) mass is 594 g/mol. The molecule has 3 aromatic carbocycles. The zero-order valence-electron chi connectivity index (χ0n) is 23.1. The molecule has 1 fully saturated rings. The maximum atomic E-state index is 13.0. The number of unbranched alkanes of at least 4 members (excludes halogenated alkanes) is 1. The molecule has 0 saturated carbocycles. The highest BCUT2D eigenvalue weighted by Crippen LogP contribution is 2.19. The number of hydrogen-bond donors (Lipinski definition) is 5. The molecule has 1 aliphatic rings. The zero-order chi connectivity index (χ0) is 30.1. The first-order valence-corrected chi connectivity index (χ1v) is 15.4. The molecule has 1 saturated heterocycles. The van der Waals surface area contributed by atoms with Gasteiger partial charge in [-0.15, -0.1) is 0 Å². The van der Waals surface area contributed by atoms with Crippen LogP contribution < -0.4 is 15.4 Å². The number of rotatable bonds is 13. The summed E-state index contributed by atoms with van der Waals surface area (Å²) in [4.78, 5) is 40.2. The van der Waals surface area contributed by atoms with Crippen molar-refractivity contribution in [1.29, 1.82) is 0 Å². The number of carbonyl (C=O) groups excluding carboxylic acids is 3. The average Bonchev–Trinajstić information content (AvgIpc) is 3.49. The van der Waals surface area contributed by atoms with Crippen LogP contribution in [-0.2, 0) is 19.6 Å². The normalized spacial score (nSPS) is 15.8. The Balaban J connectivity index is 1.24. The lowest BCUT2D eigenvalue weighted by atomic mass is 9.76. The highest BCUT2D eigenvalue weighted by molar-refractivity contribution is 7.89. The molecule has 4 rings (SSSR count). The van der Waals surface area contributed by atoms with Crippen LogP contribution in [0.3, 0.4) is 0 Å². The van der Waals surface area contributed by atoms with Crippen LogP contribution in [0, 0.1) is 0 Å². The zero-order valence-corrected chi connectivity index (χ0v) is 23.9. The van der Waals surface area contributed by atoms with Gasteiger partial charge in [0.15, 0.2) is 0 Å². The second-order valence-corrected chi connectivity index (χ2v) is 12.0. The third-order valence-corrected chi connectivity index (χ3v) is 8.74. The summed E-state index contributed by atoms with van der Waals surface area (Å²) in [6.45, 7) is 0.215. The van der Waals surface area contributed by atoms with Gasteiger partial charge in [0.25, 0.3) is 5.91 Å². The van der Waals surface area contributed by atoms with E-state index in [1.165, 1.54) is 17.0 Å². The number of hydrogen-bond acceptors (Lipinski definition) is 7. The highest BCUT2D eigenvalue weighted by atomic mass is 32.2. The molecule has 2 atom stereocenters. The van der Waals surface area contributed by atoms with Crippen LogP contribution in [0.1, 0.15) is 42.5 Å². The third-order valence-electron chi connectivity index (χ3n) is 7.26. The fourth-order valence-electron chi connectivity index (χ4n) is 4.98. The average molecular weight is 594 g/mol. The largest absolute Gasteiger partial charge is 0.475 e. The van der Waals surface area contributed by atoms with E-state index in [1.807, 2.05) is 30.3 Å². The van der Waals surface area contributed by atoms with Gasteiger partial charge in [-0.1, -0.05) is 55.0 Å². The molecule has 0 radical (unpaired) electrons. The van der Waals surface area contributed by atoms with E-state index in [0.29, 0.717) is 37.8 Å². The SMILES string of the molecule is O=C(NCC(=O)N1CCC[C@H]1C(=O)N[C@@H](CCCCNS(=O)(=O)c1ccccc1)B(O)O)c1ccc2ccccc2c1. The summed E-state index contributed by atoms with van der Waals surface area (Å²) in [5.74, 6) is -2.31. The Morgan fingerprint density at radius 2 is 1.67 bits per heavy atom. The minimum Gasteiger partial charge on any atom is -0.426 e. The summed E-state index contributed by atoms with van der Waals surface area (Å²) in [6, 6.07) is 20.1. The van der Waals surface area contributed by atoms with Gasteiger partial charge in [0.2, 0.25) is 21.8 Å². The van der Waals surface area contributed by atoms with Gasteiger partial charge in [0, 0.05) is 18.7 Å². The lowest BCUT2D eigenvalue weighted by Crippen LogP contribution is -2.54. The third kappa shape index (κ3) is 8.16. The van der Waals surface area contributed by atoms with Crippen molar-refractivity contribution in [1.82, 2.24) is 20.3 Å². The van der Waals surface area contributed by atoms with Crippen molar-refractivity contribution in [3.63, 3.8) is 0 Å². The summed E-state index contributed by atoms with van der Waals surface area (Å²) >= 11 is 0. The maximum absolute atomic E-state index is 13.0. The quantitative estimate of drug-likeness (QED) is 0.147. The van der Waals surface area contributed by atoms with Crippen molar-refractivity contribution in [2.24, 2.45) is 0 Å². The summed E-state index contributed by atoms with van der Waals surface area (Å²) in [6.07, 6.45) is 2.02. The molecule has 0 bridgehead atoms. The molecule has 0 spiro atoms. The van der Waals surface area contributed by atoms with E-state index in [9.17, 15) is 32.8 Å². The fourth-order valence-corrected chi connectivity index (χ4v) is 6.08. The Morgan fingerprint density at radius 1 is 0.952 bits per heavy atom. The van der Waals surface area contributed by atoms with Crippen molar-refractivity contribution in [3.8, 4) is 0 Å². The molecule has 13 heteroatoms. The van der Waals surface area contributed by atoms with E-state index in [1.54, 1.807) is 30.3 Å². The molecule has 42 heavy (non-hydrogen) atoms. The second-order valence-electron chi connectivity index (χ2n) is 10.2. The summed E-state index contributed by atoms with van der Waals surface area (Å²) in [5.41, 5.74) is 0.421. The van der Waals surface area contributed by atoms with E-state index in [2.05, 4.69) is 15.4 Å². The topological polar surface area (TPSA) is 165 Å². The minimum atomic E-state index is -3.64. The molecule has 0 aliphatic carbocycles.